The molecule has 3 aromatic rings. The molecular formula is C14H15N3O2. The van der Waals surface area contributed by atoms with Gasteiger partial charge in [-0.1, -0.05) is 0 Å². The van der Waals surface area contributed by atoms with Crippen LogP contribution in [0.3, 0.4) is 0 Å². The number of hydrogen-bond acceptors (Lipinski definition) is 2. The van der Waals surface area contributed by atoms with Crippen LogP contribution in [0.1, 0.15) is 12.6 Å². The van der Waals surface area contributed by atoms with Crippen LogP contribution in [-0.4, -0.2) is 15.9 Å². The van der Waals surface area contributed by atoms with Gasteiger partial charge in [-0.3, -0.25) is 9.59 Å². The molecule has 0 bridgehead atoms. The van der Waals surface area contributed by atoms with Gasteiger partial charge in [-0.2, -0.15) is 0 Å². The van der Waals surface area contributed by atoms with Crippen LogP contribution in [0.4, 0.5) is 0 Å². The van der Waals surface area contributed by atoms with E-state index >= 15 is 0 Å². The minimum Gasteiger partial charge on any atom is -0.370 e. The van der Waals surface area contributed by atoms with E-state index in [-0.39, 0.29) is 11.3 Å². The molecule has 4 N–H and O–H groups in total. The van der Waals surface area contributed by atoms with Gasteiger partial charge in [0, 0.05) is 35.7 Å². The third kappa shape index (κ3) is 2.65. The molecule has 1 amide bonds. The molecule has 0 unspecified atom stereocenters. The maximum Gasteiger partial charge on any atom is 0.214 e. The quantitative estimate of drug-likeness (QED) is 0.573. The van der Waals surface area contributed by atoms with E-state index in [9.17, 15) is 9.59 Å². The Morgan fingerprint density at radius 3 is 2.58 bits per heavy atom. The lowest BCUT2D eigenvalue weighted by Gasteiger charge is -1.94. The Bertz CT molecular complexity index is 795. The summed E-state index contributed by atoms with van der Waals surface area (Å²) in [5.41, 5.74) is 7.56. The summed E-state index contributed by atoms with van der Waals surface area (Å²) < 4.78 is 0. The van der Waals surface area contributed by atoms with Gasteiger partial charge in [0.2, 0.25) is 5.91 Å². The molecule has 0 atom stereocenters. The van der Waals surface area contributed by atoms with E-state index in [2.05, 4.69) is 15.7 Å². The molecule has 5 nitrogen and oxygen atoms in total. The lowest BCUT2D eigenvalue weighted by atomic mass is 10.2. The SMILES string of the molecule is CC(N)=O.Cc1[nH]ccc2c1[nH]c1cc(=O)ccc12. The van der Waals surface area contributed by atoms with E-state index < -0.39 is 0 Å². The number of nitrogens with one attached hydrogen (secondary N) is 2. The van der Waals surface area contributed by atoms with Crippen molar-refractivity contribution in [3.8, 4) is 0 Å². The molecule has 0 spiro atoms. The molecule has 1 aromatic carbocycles. The number of pyridine rings is 1. The van der Waals surface area contributed by atoms with Crippen LogP contribution in [0.25, 0.3) is 21.8 Å². The summed E-state index contributed by atoms with van der Waals surface area (Å²) in [7, 11) is 0. The van der Waals surface area contributed by atoms with Crippen molar-refractivity contribution in [2.24, 2.45) is 5.73 Å². The van der Waals surface area contributed by atoms with Crippen molar-refractivity contribution in [3.05, 3.63) is 46.4 Å². The Balaban J connectivity index is 0.000000297. The average Bonchev–Trinajstić information content (AvgIpc) is 2.67. The molecule has 98 valence electrons. The monoisotopic (exact) mass is 257 g/mol. The third-order valence-electron chi connectivity index (χ3n) is 2.74. The van der Waals surface area contributed by atoms with Crippen molar-refractivity contribution in [1.82, 2.24) is 9.97 Å². The van der Waals surface area contributed by atoms with Gasteiger partial charge in [0.25, 0.3) is 0 Å². The molecule has 0 saturated carbocycles. The van der Waals surface area contributed by atoms with Gasteiger partial charge < -0.3 is 15.7 Å². The number of rotatable bonds is 0. The highest BCUT2D eigenvalue weighted by Crippen LogP contribution is 2.24. The molecule has 19 heavy (non-hydrogen) atoms. The van der Waals surface area contributed by atoms with E-state index in [1.807, 2.05) is 25.3 Å². The summed E-state index contributed by atoms with van der Waals surface area (Å²) in [5.74, 6) is -0.333. The molecule has 0 radical (unpaired) electrons. The predicted octanol–water partition coefficient (Wildman–Crippen LogP) is 1.81. The molecule has 0 saturated heterocycles. The summed E-state index contributed by atoms with van der Waals surface area (Å²) in [6.45, 7) is 3.32. The Hall–Kier alpha value is -2.56. The van der Waals surface area contributed by atoms with Crippen molar-refractivity contribution < 1.29 is 4.79 Å². The molecule has 0 aliphatic carbocycles. The number of primary amides is 1. The number of aromatic amines is 2. The Kier molecular flexibility index (Phi) is 3.37. The number of aromatic nitrogens is 2. The van der Waals surface area contributed by atoms with Crippen LogP contribution < -0.4 is 11.2 Å². The first kappa shape index (κ1) is 12.9. The summed E-state index contributed by atoms with van der Waals surface area (Å²) in [6, 6.07) is 7.12. The maximum atomic E-state index is 11.2. The first-order valence-electron chi connectivity index (χ1n) is 5.85. The van der Waals surface area contributed by atoms with E-state index in [0.29, 0.717) is 0 Å². The number of carbonyl (C=O) groups excluding carboxylic acids is 1. The first-order chi connectivity index (χ1) is 8.99. The molecular weight excluding hydrogens is 242 g/mol. The van der Waals surface area contributed by atoms with Crippen molar-refractivity contribution in [3.63, 3.8) is 0 Å². The van der Waals surface area contributed by atoms with Crippen LogP contribution in [-0.2, 0) is 4.79 Å². The van der Waals surface area contributed by atoms with Gasteiger partial charge in [0.1, 0.15) is 0 Å². The van der Waals surface area contributed by atoms with Crippen LogP contribution in [0.5, 0.6) is 0 Å². The standard InChI is InChI=1S/C12H10N2O.C2H5NO/c1-7-12-10(4-5-13-7)9-3-2-8(15)6-11(9)14-12;1-2(3)4/h2-6,13-14H,1H3;1H3,(H2,3,4). The fourth-order valence-corrected chi connectivity index (χ4v) is 1.99. The molecule has 2 aromatic heterocycles. The smallest absolute Gasteiger partial charge is 0.214 e. The largest absolute Gasteiger partial charge is 0.370 e. The molecule has 0 aliphatic rings. The van der Waals surface area contributed by atoms with E-state index in [1.165, 1.54) is 6.92 Å². The number of hydrogen-bond donors (Lipinski definition) is 3. The number of aryl methyl sites for hydroxylation is 1. The molecule has 5 heteroatoms. The van der Waals surface area contributed by atoms with Crippen LogP contribution in [0.15, 0.2) is 35.3 Å². The van der Waals surface area contributed by atoms with Crippen molar-refractivity contribution >= 4 is 27.7 Å². The lowest BCUT2D eigenvalue weighted by molar-refractivity contribution is -0.115. The Morgan fingerprint density at radius 1 is 1.21 bits per heavy atom. The van der Waals surface area contributed by atoms with Crippen LogP contribution in [0, 0.1) is 6.92 Å². The average molecular weight is 257 g/mol. The second kappa shape index (κ2) is 4.97. The van der Waals surface area contributed by atoms with Gasteiger partial charge in [-0.25, -0.2) is 0 Å². The highest BCUT2D eigenvalue weighted by molar-refractivity contribution is 6.07. The van der Waals surface area contributed by atoms with Crippen LogP contribution in [0.2, 0.25) is 0 Å². The van der Waals surface area contributed by atoms with E-state index in [4.69, 9.17) is 0 Å². The summed E-state index contributed by atoms with van der Waals surface area (Å²) in [5, 5.41) is 2.25. The normalized spacial score (nSPS) is 10.2. The second-order valence-electron chi connectivity index (χ2n) is 4.33. The Morgan fingerprint density at radius 2 is 1.89 bits per heavy atom. The fourth-order valence-electron chi connectivity index (χ4n) is 1.99. The third-order valence-corrected chi connectivity index (χ3v) is 2.74. The van der Waals surface area contributed by atoms with E-state index in [0.717, 1.165) is 27.5 Å². The number of amides is 1. The molecule has 3 rings (SSSR count). The van der Waals surface area contributed by atoms with Crippen molar-refractivity contribution in [2.75, 3.05) is 0 Å². The summed E-state index contributed by atoms with van der Waals surface area (Å²) in [6.07, 6.45) is 1.91. The van der Waals surface area contributed by atoms with Crippen molar-refractivity contribution in [1.29, 1.82) is 0 Å². The zero-order chi connectivity index (χ0) is 14.0. The predicted molar refractivity (Wildman–Crippen MR) is 76.0 cm³/mol. The van der Waals surface area contributed by atoms with Gasteiger partial charge in [0.05, 0.1) is 11.0 Å². The number of fused-ring (bicyclic) bond motifs is 3. The molecule has 0 aliphatic heterocycles. The zero-order valence-electron chi connectivity index (χ0n) is 10.8. The van der Waals surface area contributed by atoms with Gasteiger partial charge in [-0.05, 0) is 25.1 Å². The summed E-state index contributed by atoms with van der Waals surface area (Å²) in [4.78, 5) is 26.8. The number of benzene rings is 1. The summed E-state index contributed by atoms with van der Waals surface area (Å²) >= 11 is 0. The lowest BCUT2D eigenvalue weighted by Crippen LogP contribution is -2.01. The Labute approximate surface area is 109 Å². The van der Waals surface area contributed by atoms with Gasteiger partial charge in [0.15, 0.2) is 5.43 Å². The van der Waals surface area contributed by atoms with E-state index in [1.54, 1.807) is 12.1 Å². The number of nitrogens with two attached hydrogens (primary N) is 1. The molecule has 0 fully saturated rings. The minimum atomic E-state index is -0.333. The maximum absolute atomic E-state index is 11.2. The van der Waals surface area contributed by atoms with Crippen LogP contribution >= 0.6 is 0 Å². The van der Waals surface area contributed by atoms with Gasteiger partial charge in [-0.15, -0.1) is 0 Å². The highest BCUT2D eigenvalue weighted by atomic mass is 16.1. The molecule has 2 heterocycles. The number of H-pyrrole nitrogens is 2. The zero-order valence-corrected chi connectivity index (χ0v) is 10.8. The highest BCUT2D eigenvalue weighted by Gasteiger charge is 2.05. The van der Waals surface area contributed by atoms with Gasteiger partial charge >= 0.3 is 0 Å². The topological polar surface area (TPSA) is 91.7 Å². The second-order valence-corrected chi connectivity index (χ2v) is 4.33. The minimum absolute atomic E-state index is 0.0377. The van der Waals surface area contributed by atoms with Crippen molar-refractivity contribution in [2.45, 2.75) is 13.8 Å². The fraction of sp³-hybridized carbons (Fsp3) is 0.143. The number of carbonyl (C=O) groups is 1. The first-order valence-corrected chi connectivity index (χ1v) is 5.85.